The smallest absolute Gasteiger partial charge is 0.151 e. The normalized spacial score (nSPS) is 10.1. The molecule has 2 N–H and O–H groups in total. The molecule has 1 aromatic carbocycles. The Kier molecular flexibility index (Phi) is 3.96. The van der Waals surface area contributed by atoms with Gasteiger partial charge >= 0.3 is 0 Å². The largest absolute Gasteiger partial charge is 0.372 e. The first-order valence-electron chi connectivity index (χ1n) is 4.91. The summed E-state index contributed by atoms with van der Waals surface area (Å²) in [6.07, 6.45) is 3.34. The standard InChI is InChI=1S/C11H10Br2N4/c1-14-10-5-15-6-11(17-10)16-9-3-2-7(12)4-8(9)13/h2-6H,1H3,(H2,14,16,17). The minimum absolute atomic E-state index is 0.694. The second kappa shape index (κ2) is 5.46. The van der Waals surface area contributed by atoms with E-state index in [1.54, 1.807) is 12.4 Å². The molecule has 0 amide bonds. The lowest BCUT2D eigenvalue weighted by Crippen LogP contribution is -1.99. The molecule has 0 atom stereocenters. The zero-order valence-electron chi connectivity index (χ0n) is 9.04. The minimum atomic E-state index is 0.694. The van der Waals surface area contributed by atoms with E-state index in [2.05, 4.69) is 52.5 Å². The van der Waals surface area contributed by atoms with Crippen LogP contribution in [0, 0.1) is 0 Å². The summed E-state index contributed by atoms with van der Waals surface area (Å²) in [5.41, 5.74) is 0.941. The maximum Gasteiger partial charge on any atom is 0.151 e. The summed E-state index contributed by atoms with van der Waals surface area (Å²) in [6.45, 7) is 0. The van der Waals surface area contributed by atoms with E-state index in [0.29, 0.717) is 5.82 Å². The van der Waals surface area contributed by atoms with Crippen LogP contribution in [0.4, 0.5) is 17.3 Å². The first kappa shape index (κ1) is 12.3. The Morgan fingerprint density at radius 1 is 1.12 bits per heavy atom. The van der Waals surface area contributed by atoms with Crippen LogP contribution in [0.25, 0.3) is 0 Å². The monoisotopic (exact) mass is 356 g/mol. The molecule has 2 rings (SSSR count). The van der Waals surface area contributed by atoms with Crippen LogP contribution in [0.5, 0.6) is 0 Å². The van der Waals surface area contributed by atoms with Gasteiger partial charge in [0.25, 0.3) is 0 Å². The van der Waals surface area contributed by atoms with Crippen molar-refractivity contribution in [3.63, 3.8) is 0 Å². The second-order valence-electron chi connectivity index (χ2n) is 3.29. The third-order valence-electron chi connectivity index (χ3n) is 2.08. The minimum Gasteiger partial charge on any atom is -0.372 e. The van der Waals surface area contributed by atoms with Gasteiger partial charge in [-0.15, -0.1) is 0 Å². The highest BCUT2D eigenvalue weighted by atomic mass is 79.9. The van der Waals surface area contributed by atoms with Crippen molar-refractivity contribution in [1.29, 1.82) is 0 Å². The van der Waals surface area contributed by atoms with Gasteiger partial charge in [-0.1, -0.05) is 15.9 Å². The molecule has 0 aliphatic carbocycles. The molecule has 0 saturated heterocycles. The molecular weight excluding hydrogens is 348 g/mol. The highest BCUT2D eigenvalue weighted by Gasteiger charge is 2.02. The highest BCUT2D eigenvalue weighted by molar-refractivity contribution is 9.11. The van der Waals surface area contributed by atoms with Crippen molar-refractivity contribution >= 4 is 49.2 Å². The molecule has 0 spiro atoms. The Balaban J connectivity index is 2.25. The summed E-state index contributed by atoms with van der Waals surface area (Å²) >= 11 is 6.89. The summed E-state index contributed by atoms with van der Waals surface area (Å²) in [4.78, 5) is 8.42. The zero-order valence-corrected chi connectivity index (χ0v) is 12.2. The van der Waals surface area contributed by atoms with Crippen molar-refractivity contribution < 1.29 is 0 Å². The number of nitrogens with zero attached hydrogens (tertiary/aromatic N) is 2. The second-order valence-corrected chi connectivity index (χ2v) is 5.06. The number of aromatic nitrogens is 2. The van der Waals surface area contributed by atoms with Crippen LogP contribution in [0.15, 0.2) is 39.5 Å². The van der Waals surface area contributed by atoms with Crippen molar-refractivity contribution in [2.45, 2.75) is 0 Å². The molecule has 0 aliphatic rings. The lowest BCUT2D eigenvalue weighted by molar-refractivity contribution is 1.18. The molecule has 0 aliphatic heterocycles. The molecule has 4 nitrogen and oxygen atoms in total. The molecule has 0 unspecified atom stereocenters. The lowest BCUT2D eigenvalue weighted by Gasteiger charge is -2.08. The Morgan fingerprint density at radius 3 is 2.59 bits per heavy atom. The molecule has 88 valence electrons. The van der Waals surface area contributed by atoms with E-state index in [1.807, 2.05) is 25.2 Å². The van der Waals surface area contributed by atoms with Crippen LogP contribution in [0.2, 0.25) is 0 Å². The van der Waals surface area contributed by atoms with Crippen LogP contribution >= 0.6 is 31.9 Å². The summed E-state index contributed by atoms with van der Waals surface area (Å²) in [5.74, 6) is 1.42. The molecule has 0 radical (unpaired) electrons. The van der Waals surface area contributed by atoms with Gasteiger partial charge in [-0.05, 0) is 34.1 Å². The van der Waals surface area contributed by atoms with Gasteiger partial charge in [-0.25, -0.2) is 4.98 Å². The number of halogens is 2. The molecular formula is C11H10Br2N4. The fraction of sp³-hybridized carbons (Fsp3) is 0.0909. The third kappa shape index (κ3) is 3.17. The number of anilines is 3. The summed E-state index contributed by atoms with van der Waals surface area (Å²) in [5, 5.41) is 6.14. The fourth-order valence-corrected chi connectivity index (χ4v) is 2.42. The molecule has 1 heterocycles. The van der Waals surface area contributed by atoms with E-state index in [4.69, 9.17) is 0 Å². The van der Waals surface area contributed by atoms with E-state index >= 15 is 0 Å². The van der Waals surface area contributed by atoms with E-state index in [9.17, 15) is 0 Å². The Morgan fingerprint density at radius 2 is 1.88 bits per heavy atom. The predicted molar refractivity (Wildman–Crippen MR) is 76.7 cm³/mol. The van der Waals surface area contributed by atoms with Crippen molar-refractivity contribution in [2.75, 3.05) is 17.7 Å². The van der Waals surface area contributed by atoms with Crippen molar-refractivity contribution in [2.24, 2.45) is 0 Å². The lowest BCUT2D eigenvalue weighted by atomic mass is 10.3. The maximum atomic E-state index is 4.33. The number of nitrogens with one attached hydrogen (secondary N) is 2. The van der Waals surface area contributed by atoms with Gasteiger partial charge in [0.05, 0.1) is 18.1 Å². The molecule has 0 fully saturated rings. The molecule has 1 aromatic heterocycles. The van der Waals surface area contributed by atoms with Gasteiger partial charge < -0.3 is 10.6 Å². The zero-order chi connectivity index (χ0) is 12.3. The average Bonchev–Trinajstić information content (AvgIpc) is 2.33. The van der Waals surface area contributed by atoms with Crippen LogP contribution in [-0.4, -0.2) is 17.0 Å². The molecule has 0 bridgehead atoms. The van der Waals surface area contributed by atoms with Gasteiger partial charge in [0.15, 0.2) is 5.82 Å². The molecule has 2 aromatic rings. The van der Waals surface area contributed by atoms with Crippen LogP contribution < -0.4 is 10.6 Å². The summed E-state index contributed by atoms with van der Waals surface area (Å²) in [7, 11) is 1.81. The van der Waals surface area contributed by atoms with E-state index in [1.165, 1.54) is 0 Å². The summed E-state index contributed by atoms with van der Waals surface area (Å²) in [6, 6.07) is 5.89. The Bertz CT molecular complexity index is 531. The highest BCUT2D eigenvalue weighted by Crippen LogP contribution is 2.28. The van der Waals surface area contributed by atoms with Gasteiger partial charge in [-0.2, -0.15) is 0 Å². The van der Waals surface area contributed by atoms with Crippen LogP contribution in [-0.2, 0) is 0 Å². The number of hydrogen-bond acceptors (Lipinski definition) is 4. The van der Waals surface area contributed by atoms with E-state index in [0.717, 1.165) is 20.5 Å². The third-order valence-corrected chi connectivity index (χ3v) is 3.23. The topological polar surface area (TPSA) is 49.8 Å². The SMILES string of the molecule is CNc1cncc(Nc2ccc(Br)cc2Br)n1. The van der Waals surface area contributed by atoms with Crippen molar-refractivity contribution in [3.05, 3.63) is 39.5 Å². The number of rotatable bonds is 3. The molecule has 17 heavy (non-hydrogen) atoms. The predicted octanol–water partition coefficient (Wildman–Crippen LogP) is 3.79. The van der Waals surface area contributed by atoms with Gasteiger partial charge in [-0.3, -0.25) is 4.98 Å². The van der Waals surface area contributed by atoms with E-state index < -0.39 is 0 Å². The van der Waals surface area contributed by atoms with Gasteiger partial charge in [0, 0.05) is 16.0 Å². The molecule has 6 heteroatoms. The van der Waals surface area contributed by atoms with Gasteiger partial charge in [0.1, 0.15) is 5.82 Å². The van der Waals surface area contributed by atoms with Gasteiger partial charge in [0.2, 0.25) is 0 Å². The molecule has 0 saturated carbocycles. The van der Waals surface area contributed by atoms with Crippen LogP contribution in [0.1, 0.15) is 0 Å². The number of hydrogen-bond donors (Lipinski definition) is 2. The van der Waals surface area contributed by atoms with Crippen molar-refractivity contribution in [1.82, 2.24) is 9.97 Å². The first-order chi connectivity index (χ1) is 8.19. The Labute approximate surface area is 116 Å². The average molecular weight is 358 g/mol. The number of benzene rings is 1. The van der Waals surface area contributed by atoms with Crippen LogP contribution in [0.3, 0.4) is 0 Å². The van der Waals surface area contributed by atoms with Crippen molar-refractivity contribution in [3.8, 4) is 0 Å². The summed E-state index contributed by atoms with van der Waals surface area (Å²) < 4.78 is 1.98. The Hall–Kier alpha value is -1.14. The fourth-order valence-electron chi connectivity index (χ4n) is 1.28. The quantitative estimate of drug-likeness (QED) is 0.877. The first-order valence-corrected chi connectivity index (χ1v) is 6.49. The van der Waals surface area contributed by atoms with E-state index in [-0.39, 0.29) is 0 Å². The maximum absolute atomic E-state index is 4.33.